The lowest BCUT2D eigenvalue weighted by Crippen LogP contribution is -2.17. The number of ether oxygens (including phenoxy) is 1. The van der Waals surface area contributed by atoms with E-state index < -0.39 is 18.2 Å². The number of rotatable bonds is 3. The van der Waals surface area contributed by atoms with E-state index in [-0.39, 0.29) is 11.8 Å². The van der Waals surface area contributed by atoms with E-state index in [0.717, 1.165) is 12.1 Å². The maximum atomic E-state index is 11.8. The lowest BCUT2D eigenvalue weighted by molar-refractivity contribution is -0.274. The Balaban J connectivity index is 2.88. The molecule has 1 atom stereocenters. The molecule has 1 rings (SSSR count). The number of carbonyl (C=O) groups is 1. The van der Waals surface area contributed by atoms with Crippen LogP contribution in [0.2, 0.25) is 0 Å². The van der Waals surface area contributed by atoms with Crippen molar-refractivity contribution >= 4 is 6.29 Å². The van der Waals surface area contributed by atoms with Crippen LogP contribution in [-0.2, 0) is 4.79 Å². The van der Waals surface area contributed by atoms with Crippen molar-refractivity contribution in [3.63, 3.8) is 0 Å². The number of aldehydes is 1. The molecular weight excluding hydrogens is 213 g/mol. The van der Waals surface area contributed by atoms with Gasteiger partial charge < -0.3 is 14.6 Å². The van der Waals surface area contributed by atoms with E-state index >= 15 is 0 Å². The van der Waals surface area contributed by atoms with Crippen LogP contribution in [0, 0.1) is 0 Å². The Morgan fingerprint density at radius 1 is 1.40 bits per heavy atom. The van der Waals surface area contributed by atoms with Crippen LogP contribution < -0.4 is 4.74 Å². The van der Waals surface area contributed by atoms with Crippen molar-refractivity contribution in [1.29, 1.82) is 0 Å². The molecule has 0 bridgehead atoms. The zero-order chi connectivity index (χ0) is 11.5. The molecule has 15 heavy (non-hydrogen) atoms. The minimum atomic E-state index is -4.79. The summed E-state index contributed by atoms with van der Waals surface area (Å²) in [6.45, 7) is 0. The predicted octanol–water partition coefficient (Wildman–Crippen LogP) is 1.82. The number of benzene rings is 1. The van der Waals surface area contributed by atoms with Gasteiger partial charge in [-0.25, -0.2) is 0 Å². The summed E-state index contributed by atoms with van der Waals surface area (Å²) in [7, 11) is 0. The fraction of sp³-hybridized carbons (Fsp3) is 0.222. The molecule has 0 aliphatic heterocycles. The lowest BCUT2D eigenvalue weighted by atomic mass is 10.1. The molecule has 0 amide bonds. The molecule has 0 aliphatic rings. The van der Waals surface area contributed by atoms with Crippen molar-refractivity contribution < 1.29 is 27.8 Å². The molecule has 0 saturated carbocycles. The highest BCUT2D eigenvalue weighted by Crippen LogP contribution is 2.24. The van der Waals surface area contributed by atoms with Crippen LogP contribution in [0.4, 0.5) is 13.2 Å². The minimum Gasteiger partial charge on any atom is -0.406 e. The maximum absolute atomic E-state index is 11.8. The first-order valence-electron chi connectivity index (χ1n) is 3.91. The van der Waals surface area contributed by atoms with Gasteiger partial charge in [-0.1, -0.05) is 12.1 Å². The first-order valence-corrected chi connectivity index (χ1v) is 3.91. The van der Waals surface area contributed by atoms with Crippen LogP contribution in [-0.4, -0.2) is 17.8 Å². The van der Waals surface area contributed by atoms with E-state index in [2.05, 4.69) is 4.74 Å². The molecule has 0 spiro atoms. The van der Waals surface area contributed by atoms with Gasteiger partial charge >= 0.3 is 6.36 Å². The number of aliphatic hydroxyl groups excluding tert-OH is 1. The van der Waals surface area contributed by atoms with Crippen LogP contribution in [0.25, 0.3) is 0 Å². The van der Waals surface area contributed by atoms with Gasteiger partial charge in [0.15, 0.2) is 6.29 Å². The highest BCUT2D eigenvalue weighted by atomic mass is 19.4. The summed E-state index contributed by atoms with van der Waals surface area (Å²) in [5.74, 6) is -0.471. The third kappa shape index (κ3) is 3.59. The Hall–Kier alpha value is -1.56. The molecule has 3 nitrogen and oxygen atoms in total. The van der Waals surface area contributed by atoms with Crippen LogP contribution in [0.15, 0.2) is 24.3 Å². The second-order valence-corrected chi connectivity index (χ2v) is 2.70. The topological polar surface area (TPSA) is 46.5 Å². The van der Waals surface area contributed by atoms with Gasteiger partial charge in [0.25, 0.3) is 0 Å². The number of alkyl halides is 3. The van der Waals surface area contributed by atoms with E-state index in [1.165, 1.54) is 12.1 Å². The van der Waals surface area contributed by atoms with E-state index in [1.54, 1.807) is 0 Å². The van der Waals surface area contributed by atoms with Crippen molar-refractivity contribution in [2.75, 3.05) is 0 Å². The van der Waals surface area contributed by atoms with Gasteiger partial charge in [0, 0.05) is 0 Å². The maximum Gasteiger partial charge on any atom is 0.573 e. The lowest BCUT2D eigenvalue weighted by Gasteiger charge is -2.10. The quantitative estimate of drug-likeness (QED) is 0.790. The molecule has 0 radical (unpaired) electrons. The van der Waals surface area contributed by atoms with Crippen molar-refractivity contribution in [3.8, 4) is 5.75 Å². The Bertz CT molecular complexity index is 349. The highest BCUT2D eigenvalue weighted by Gasteiger charge is 2.31. The SMILES string of the molecule is O=CC(O)c1cccc(OC(F)(F)F)c1. The largest absolute Gasteiger partial charge is 0.573 e. The van der Waals surface area contributed by atoms with Gasteiger partial charge in [0.05, 0.1) is 0 Å². The van der Waals surface area contributed by atoms with Crippen LogP contribution >= 0.6 is 0 Å². The number of aliphatic hydroxyl groups is 1. The molecule has 1 aromatic rings. The van der Waals surface area contributed by atoms with Gasteiger partial charge in [0.2, 0.25) is 0 Å². The average molecular weight is 220 g/mol. The summed E-state index contributed by atoms with van der Waals surface area (Å²) in [5.41, 5.74) is 0.0479. The molecule has 82 valence electrons. The van der Waals surface area contributed by atoms with E-state index in [0.29, 0.717) is 0 Å². The summed E-state index contributed by atoms with van der Waals surface area (Å²) in [6, 6.07) is 4.60. The van der Waals surface area contributed by atoms with Crippen LogP contribution in [0.1, 0.15) is 11.7 Å². The molecule has 1 unspecified atom stereocenters. The zero-order valence-electron chi connectivity index (χ0n) is 7.36. The first kappa shape index (κ1) is 11.5. The van der Waals surface area contributed by atoms with Gasteiger partial charge in [-0.05, 0) is 17.7 Å². The normalized spacial score (nSPS) is 13.3. The van der Waals surface area contributed by atoms with Crippen LogP contribution in [0.3, 0.4) is 0 Å². The number of hydrogen-bond donors (Lipinski definition) is 1. The minimum absolute atomic E-state index is 0.0479. The van der Waals surface area contributed by atoms with Gasteiger partial charge in [-0.15, -0.1) is 13.2 Å². The molecule has 0 saturated heterocycles. The third-order valence-corrected chi connectivity index (χ3v) is 1.56. The zero-order valence-corrected chi connectivity index (χ0v) is 7.36. The Kier molecular flexibility index (Phi) is 3.31. The predicted molar refractivity (Wildman–Crippen MR) is 44.1 cm³/mol. The van der Waals surface area contributed by atoms with Crippen molar-refractivity contribution in [3.05, 3.63) is 29.8 Å². The molecule has 0 fully saturated rings. The van der Waals surface area contributed by atoms with Gasteiger partial charge in [-0.2, -0.15) is 0 Å². The molecule has 0 aliphatic carbocycles. The Morgan fingerprint density at radius 2 is 2.07 bits per heavy atom. The first-order chi connectivity index (χ1) is 6.92. The molecule has 0 heterocycles. The molecule has 1 N–H and O–H groups in total. The van der Waals surface area contributed by atoms with Gasteiger partial charge in [-0.3, -0.25) is 0 Å². The average Bonchev–Trinajstić information content (AvgIpc) is 2.14. The number of halogens is 3. The smallest absolute Gasteiger partial charge is 0.406 e. The summed E-state index contributed by atoms with van der Waals surface area (Å²) >= 11 is 0. The summed E-state index contributed by atoms with van der Waals surface area (Å²) in [4.78, 5) is 10.2. The summed E-state index contributed by atoms with van der Waals surface area (Å²) < 4.78 is 39.0. The van der Waals surface area contributed by atoms with Crippen molar-refractivity contribution in [2.24, 2.45) is 0 Å². The number of carbonyl (C=O) groups excluding carboxylic acids is 1. The molecule has 1 aromatic carbocycles. The molecule has 6 heteroatoms. The number of hydrogen-bond acceptors (Lipinski definition) is 3. The monoisotopic (exact) mass is 220 g/mol. The van der Waals surface area contributed by atoms with Crippen molar-refractivity contribution in [2.45, 2.75) is 12.5 Å². The second kappa shape index (κ2) is 4.31. The Morgan fingerprint density at radius 3 is 2.60 bits per heavy atom. The fourth-order valence-electron chi connectivity index (χ4n) is 0.974. The standard InChI is InChI=1S/C9H7F3O3/c10-9(11,12)15-7-3-1-2-6(4-7)8(14)5-13/h1-5,8,14H. The highest BCUT2D eigenvalue weighted by molar-refractivity contribution is 5.59. The Labute approximate surface area is 83.1 Å². The van der Waals surface area contributed by atoms with Crippen LogP contribution in [0.5, 0.6) is 5.75 Å². The van der Waals surface area contributed by atoms with Crippen molar-refractivity contribution in [1.82, 2.24) is 0 Å². The summed E-state index contributed by atoms with van der Waals surface area (Å²) in [6.07, 6.45) is -6.01. The van der Waals surface area contributed by atoms with E-state index in [1.807, 2.05) is 0 Å². The molecule has 0 aromatic heterocycles. The second-order valence-electron chi connectivity index (χ2n) is 2.70. The summed E-state index contributed by atoms with van der Waals surface area (Å²) in [5, 5.41) is 9.05. The van der Waals surface area contributed by atoms with E-state index in [9.17, 15) is 18.0 Å². The third-order valence-electron chi connectivity index (χ3n) is 1.56. The molecular formula is C9H7F3O3. The van der Waals surface area contributed by atoms with Gasteiger partial charge in [0.1, 0.15) is 11.9 Å². The fourth-order valence-corrected chi connectivity index (χ4v) is 0.974. The van der Waals surface area contributed by atoms with E-state index in [4.69, 9.17) is 5.11 Å².